The van der Waals surface area contributed by atoms with Crippen LogP contribution in [0.3, 0.4) is 0 Å². The van der Waals surface area contributed by atoms with Crippen LogP contribution in [0.25, 0.3) is 0 Å². The summed E-state index contributed by atoms with van der Waals surface area (Å²) in [7, 11) is 0.374. The van der Waals surface area contributed by atoms with Gasteiger partial charge in [-0.3, -0.25) is 4.79 Å². The zero-order valence-electron chi connectivity index (χ0n) is 11.1. The van der Waals surface area contributed by atoms with Crippen molar-refractivity contribution in [1.82, 2.24) is 0 Å². The zero-order valence-corrected chi connectivity index (χ0v) is 11.1. The van der Waals surface area contributed by atoms with Gasteiger partial charge in [-0.1, -0.05) is 20.2 Å². The van der Waals surface area contributed by atoms with Crippen LogP contribution < -0.4 is 0 Å². The Labute approximate surface area is 104 Å². The molecule has 4 saturated carbocycles. The van der Waals surface area contributed by atoms with Crippen molar-refractivity contribution in [3.63, 3.8) is 0 Å². The quantitative estimate of drug-likeness (QED) is 0.758. The Bertz CT molecular complexity index is 347. The second-order valence-corrected chi connectivity index (χ2v) is 8.02. The van der Waals surface area contributed by atoms with Crippen molar-refractivity contribution in [1.29, 1.82) is 0 Å². The van der Waals surface area contributed by atoms with E-state index >= 15 is 0 Å². The van der Waals surface area contributed by atoms with Crippen LogP contribution in [0, 0.1) is 22.2 Å². The Kier molecular flexibility index (Phi) is 2.25. The Morgan fingerprint density at radius 1 is 1.18 bits per heavy atom. The summed E-state index contributed by atoms with van der Waals surface area (Å²) in [6.45, 7) is 4.90. The van der Waals surface area contributed by atoms with Crippen molar-refractivity contribution in [2.45, 2.75) is 58.7 Å². The molecule has 4 bridgehead atoms. The largest absolute Gasteiger partial charge is 0.489 e. The highest BCUT2D eigenvalue weighted by Gasteiger charge is 2.59. The van der Waals surface area contributed by atoms with Crippen LogP contribution in [-0.2, 0) is 0 Å². The first kappa shape index (κ1) is 11.6. The molecule has 0 heterocycles. The molecule has 17 heavy (non-hydrogen) atoms. The minimum atomic E-state index is -0.615. The van der Waals surface area contributed by atoms with Crippen LogP contribution >= 0.6 is 0 Å². The fraction of sp³-hybridized carbons (Fsp3) is 0.929. The van der Waals surface area contributed by atoms with E-state index < -0.39 is 5.87 Å². The molecule has 94 valence electrons. The highest BCUT2D eigenvalue weighted by molar-refractivity contribution is 6.71. The molecule has 0 aromatic rings. The third-order valence-electron chi connectivity index (χ3n) is 5.61. The smallest absolute Gasteiger partial charge is 0.260 e. The molecule has 2 atom stereocenters. The van der Waals surface area contributed by atoms with E-state index in [1.807, 2.05) is 0 Å². The van der Waals surface area contributed by atoms with Crippen molar-refractivity contribution in [3.05, 3.63) is 0 Å². The molecule has 0 spiro atoms. The van der Waals surface area contributed by atoms with Crippen molar-refractivity contribution in [2.24, 2.45) is 22.2 Å². The summed E-state index contributed by atoms with van der Waals surface area (Å²) in [4.78, 5) is 10.9. The van der Waals surface area contributed by atoms with Gasteiger partial charge in [0.1, 0.15) is 0 Å². The van der Waals surface area contributed by atoms with Gasteiger partial charge in [-0.05, 0) is 60.7 Å². The lowest BCUT2D eigenvalue weighted by Crippen LogP contribution is -2.55. The fourth-order valence-electron chi connectivity index (χ4n) is 6.34. The standard InChI is InChI=1S/C14H23BO2/c1-12-3-10-4-13(2,6-12)8-14(5-10,7-12)9-15-11(16)17/h10,15H,3-9H2,1-2H3,(H,16,17). The van der Waals surface area contributed by atoms with Gasteiger partial charge in [-0.2, -0.15) is 0 Å². The van der Waals surface area contributed by atoms with Gasteiger partial charge >= 0.3 is 0 Å². The van der Waals surface area contributed by atoms with Crippen LogP contribution in [0.2, 0.25) is 6.32 Å². The molecule has 0 amide bonds. The van der Waals surface area contributed by atoms with Gasteiger partial charge in [-0.25, -0.2) is 0 Å². The summed E-state index contributed by atoms with van der Waals surface area (Å²) in [6.07, 6.45) is 8.99. The first-order chi connectivity index (χ1) is 7.82. The number of carbonyl (C=O) groups is 1. The predicted octanol–water partition coefficient (Wildman–Crippen LogP) is 3.52. The van der Waals surface area contributed by atoms with E-state index in [1.54, 1.807) is 0 Å². The zero-order chi connectivity index (χ0) is 12.3. The highest BCUT2D eigenvalue weighted by atomic mass is 16.4. The van der Waals surface area contributed by atoms with Crippen molar-refractivity contribution < 1.29 is 9.90 Å². The molecule has 3 heteroatoms. The molecule has 4 aliphatic carbocycles. The van der Waals surface area contributed by atoms with E-state index in [0.29, 0.717) is 23.5 Å². The summed E-state index contributed by atoms with van der Waals surface area (Å²) < 4.78 is 0. The Morgan fingerprint density at radius 3 is 2.24 bits per heavy atom. The second kappa shape index (κ2) is 3.30. The monoisotopic (exact) mass is 234 g/mol. The summed E-state index contributed by atoms with van der Waals surface area (Å²) in [6, 6.07) is 0. The van der Waals surface area contributed by atoms with E-state index in [0.717, 1.165) is 12.2 Å². The lowest BCUT2D eigenvalue weighted by molar-refractivity contribution is -0.136. The molecule has 0 saturated heterocycles. The molecular formula is C14H23BO2. The molecule has 4 aliphatic rings. The van der Waals surface area contributed by atoms with Crippen molar-refractivity contribution in [3.8, 4) is 0 Å². The Hall–Kier alpha value is -0.465. The van der Waals surface area contributed by atoms with Crippen molar-refractivity contribution >= 4 is 13.1 Å². The average Bonchev–Trinajstić information content (AvgIpc) is 2.08. The number of carboxylic acid groups (broad SMARTS) is 1. The third kappa shape index (κ3) is 1.92. The molecule has 2 nitrogen and oxygen atoms in total. The number of hydrogen-bond donors (Lipinski definition) is 1. The van der Waals surface area contributed by atoms with E-state index in [1.165, 1.54) is 38.5 Å². The Balaban J connectivity index is 1.84. The molecule has 0 aromatic carbocycles. The van der Waals surface area contributed by atoms with Crippen LogP contribution in [0.1, 0.15) is 52.4 Å². The first-order valence-corrected chi connectivity index (χ1v) is 7.04. The maximum atomic E-state index is 10.9. The number of hydrogen-bond acceptors (Lipinski definition) is 1. The summed E-state index contributed by atoms with van der Waals surface area (Å²) in [5.74, 6) is 0.270. The van der Waals surface area contributed by atoms with Crippen LogP contribution in [0.4, 0.5) is 4.79 Å². The van der Waals surface area contributed by atoms with Gasteiger partial charge in [0, 0.05) is 0 Å². The summed E-state index contributed by atoms with van der Waals surface area (Å²) in [5, 5.41) is 8.94. The average molecular weight is 234 g/mol. The lowest BCUT2D eigenvalue weighted by atomic mass is 9.37. The van der Waals surface area contributed by atoms with Gasteiger partial charge < -0.3 is 5.11 Å². The van der Waals surface area contributed by atoms with Crippen molar-refractivity contribution in [2.75, 3.05) is 0 Å². The lowest BCUT2D eigenvalue weighted by Gasteiger charge is -2.65. The van der Waals surface area contributed by atoms with Gasteiger partial charge in [0.25, 0.3) is 7.28 Å². The van der Waals surface area contributed by atoms with E-state index in [2.05, 4.69) is 13.8 Å². The fourth-order valence-corrected chi connectivity index (χ4v) is 6.34. The molecule has 2 unspecified atom stereocenters. The number of rotatable bonds is 3. The summed E-state index contributed by atoms with van der Waals surface area (Å²) in [5.41, 5.74) is 1.42. The van der Waals surface area contributed by atoms with Gasteiger partial charge in [0.15, 0.2) is 0 Å². The third-order valence-corrected chi connectivity index (χ3v) is 5.61. The van der Waals surface area contributed by atoms with Gasteiger partial charge in [0.05, 0.1) is 0 Å². The van der Waals surface area contributed by atoms with E-state index in [-0.39, 0.29) is 0 Å². The molecular weight excluding hydrogens is 211 g/mol. The second-order valence-electron chi connectivity index (χ2n) is 8.02. The van der Waals surface area contributed by atoms with Crippen LogP contribution in [0.5, 0.6) is 0 Å². The molecule has 0 radical (unpaired) electrons. The van der Waals surface area contributed by atoms with Gasteiger partial charge in [0.2, 0.25) is 5.87 Å². The Morgan fingerprint density at radius 2 is 1.76 bits per heavy atom. The molecule has 1 N–H and O–H groups in total. The molecule has 0 aliphatic heterocycles. The van der Waals surface area contributed by atoms with E-state index in [9.17, 15) is 4.79 Å². The molecule has 0 aromatic heterocycles. The first-order valence-electron chi connectivity index (χ1n) is 7.04. The molecule has 4 rings (SSSR count). The normalized spacial score (nSPS) is 51.5. The SMILES string of the molecule is CC12CC3CC(C)(C1)CC(CBC(=O)O)(C3)C2. The highest BCUT2D eigenvalue weighted by Crippen LogP contribution is 2.70. The van der Waals surface area contributed by atoms with Gasteiger partial charge in [-0.15, -0.1) is 0 Å². The van der Waals surface area contributed by atoms with E-state index in [4.69, 9.17) is 5.11 Å². The molecule has 4 fully saturated rings. The van der Waals surface area contributed by atoms with Crippen LogP contribution in [-0.4, -0.2) is 18.3 Å². The summed E-state index contributed by atoms with van der Waals surface area (Å²) >= 11 is 0. The minimum Gasteiger partial charge on any atom is -0.489 e. The van der Waals surface area contributed by atoms with Crippen LogP contribution in [0.15, 0.2) is 0 Å². The minimum absolute atomic E-state index is 0.374. The topological polar surface area (TPSA) is 37.3 Å². The maximum Gasteiger partial charge on any atom is 0.260 e. The predicted molar refractivity (Wildman–Crippen MR) is 69.8 cm³/mol. The maximum absolute atomic E-state index is 10.9.